The molecule has 0 bridgehead atoms. The van der Waals surface area contributed by atoms with Gasteiger partial charge < -0.3 is 0 Å². The van der Waals surface area contributed by atoms with Crippen LogP contribution in [0.4, 0.5) is 5.69 Å². The van der Waals surface area contributed by atoms with E-state index in [1.165, 1.54) is 5.56 Å². The fourth-order valence-electron chi connectivity index (χ4n) is 1.47. The first kappa shape index (κ1) is 11.6. The second-order valence-electron chi connectivity index (χ2n) is 3.54. The van der Waals surface area contributed by atoms with Crippen LogP contribution in [0.25, 0.3) is 0 Å². The monoisotopic (exact) mass is 240 g/mol. The van der Waals surface area contributed by atoms with Crippen molar-refractivity contribution in [1.29, 1.82) is 5.26 Å². The summed E-state index contributed by atoms with van der Waals surface area (Å²) in [6.07, 6.45) is 1.93. The van der Waals surface area contributed by atoms with Gasteiger partial charge in [0.1, 0.15) is 0 Å². The highest BCUT2D eigenvalue weighted by molar-refractivity contribution is 7.98. The third-order valence-electron chi connectivity index (χ3n) is 2.28. The number of rotatable bonds is 4. The van der Waals surface area contributed by atoms with Crippen LogP contribution >= 0.6 is 11.8 Å². The van der Waals surface area contributed by atoms with E-state index in [2.05, 4.69) is 23.5 Å². The fourth-order valence-corrected chi connectivity index (χ4v) is 2.38. The molecule has 0 aliphatic carbocycles. The van der Waals surface area contributed by atoms with Gasteiger partial charge >= 0.3 is 0 Å². The van der Waals surface area contributed by atoms with Crippen LogP contribution in [-0.2, 0) is 5.75 Å². The Bertz CT molecular complexity index is 517. The van der Waals surface area contributed by atoms with Gasteiger partial charge in [-0.3, -0.25) is 5.32 Å². The van der Waals surface area contributed by atoms with Crippen LogP contribution in [0.2, 0.25) is 0 Å². The number of hydrogen-bond donors (Lipinski definition) is 1. The van der Waals surface area contributed by atoms with Crippen molar-refractivity contribution < 1.29 is 0 Å². The highest BCUT2D eigenvalue weighted by Crippen LogP contribution is 2.24. The van der Waals surface area contributed by atoms with E-state index in [-0.39, 0.29) is 0 Å². The SMILES string of the molecule is N#CNc1cccc(SCc2ccccc2)c1. The minimum atomic E-state index is 0.838. The Hall–Kier alpha value is -1.92. The fraction of sp³-hybridized carbons (Fsp3) is 0.0714. The number of hydrogen-bond acceptors (Lipinski definition) is 3. The Morgan fingerprint density at radius 2 is 1.88 bits per heavy atom. The standard InChI is InChI=1S/C14H12N2S/c15-11-16-13-7-4-8-14(9-13)17-10-12-5-2-1-3-6-12/h1-9,16H,10H2. The topological polar surface area (TPSA) is 35.8 Å². The molecular weight excluding hydrogens is 228 g/mol. The zero-order valence-electron chi connectivity index (χ0n) is 9.26. The summed E-state index contributed by atoms with van der Waals surface area (Å²) in [5.74, 6) is 0.941. The van der Waals surface area contributed by atoms with Gasteiger partial charge in [-0.25, -0.2) is 0 Å². The lowest BCUT2D eigenvalue weighted by molar-refractivity contribution is 1.37. The van der Waals surface area contributed by atoms with Crippen molar-refractivity contribution in [1.82, 2.24) is 0 Å². The maximum absolute atomic E-state index is 8.55. The molecule has 0 unspecified atom stereocenters. The number of benzene rings is 2. The van der Waals surface area contributed by atoms with Crippen LogP contribution in [0.15, 0.2) is 59.5 Å². The summed E-state index contributed by atoms with van der Waals surface area (Å²) in [7, 11) is 0. The summed E-state index contributed by atoms with van der Waals surface area (Å²) in [6, 6.07) is 18.2. The summed E-state index contributed by atoms with van der Waals surface area (Å²) in [5, 5.41) is 11.2. The first-order valence-electron chi connectivity index (χ1n) is 5.30. The molecule has 0 fully saturated rings. The van der Waals surface area contributed by atoms with E-state index >= 15 is 0 Å². The molecule has 0 amide bonds. The second-order valence-corrected chi connectivity index (χ2v) is 4.59. The number of nitriles is 1. The van der Waals surface area contributed by atoms with Crippen molar-refractivity contribution in [3.63, 3.8) is 0 Å². The van der Waals surface area contributed by atoms with Gasteiger partial charge in [0.15, 0.2) is 6.19 Å². The average molecular weight is 240 g/mol. The summed E-state index contributed by atoms with van der Waals surface area (Å²) >= 11 is 1.76. The van der Waals surface area contributed by atoms with Gasteiger partial charge in [0.05, 0.1) is 0 Å². The van der Waals surface area contributed by atoms with E-state index in [4.69, 9.17) is 5.26 Å². The van der Waals surface area contributed by atoms with Crippen molar-refractivity contribution in [2.45, 2.75) is 10.6 Å². The molecule has 0 saturated heterocycles. The lowest BCUT2D eigenvalue weighted by atomic mass is 10.2. The van der Waals surface area contributed by atoms with Crippen molar-refractivity contribution >= 4 is 17.4 Å². The van der Waals surface area contributed by atoms with Crippen LogP contribution in [0, 0.1) is 11.5 Å². The summed E-state index contributed by atoms with van der Waals surface area (Å²) in [4.78, 5) is 1.16. The Balaban J connectivity index is 2.00. The summed E-state index contributed by atoms with van der Waals surface area (Å²) in [6.45, 7) is 0. The maximum Gasteiger partial charge on any atom is 0.181 e. The van der Waals surface area contributed by atoms with Gasteiger partial charge in [0.2, 0.25) is 0 Å². The lowest BCUT2D eigenvalue weighted by Crippen LogP contribution is -1.87. The summed E-state index contributed by atoms with van der Waals surface area (Å²) < 4.78 is 0. The van der Waals surface area contributed by atoms with Crippen molar-refractivity contribution in [2.75, 3.05) is 5.32 Å². The molecule has 0 saturated carbocycles. The van der Waals surface area contributed by atoms with Gasteiger partial charge in [-0.1, -0.05) is 36.4 Å². The molecule has 0 heterocycles. The molecule has 0 aliphatic rings. The predicted octanol–water partition coefficient (Wildman–Crippen LogP) is 3.87. The molecule has 2 rings (SSSR count). The minimum absolute atomic E-state index is 0.838. The molecule has 0 atom stereocenters. The number of anilines is 1. The molecule has 0 spiro atoms. The number of nitrogens with zero attached hydrogens (tertiary/aromatic N) is 1. The lowest BCUT2D eigenvalue weighted by Gasteiger charge is -2.03. The van der Waals surface area contributed by atoms with Gasteiger partial charge in [0, 0.05) is 16.3 Å². The van der Waals surface area contributed by atoms with Crippen LogP contribution < -0.4 is 5.32 Å². The van der Waals surface area contributed by atoms with Gasteiger partial charge in [0.25, 0.3) is 0 Å². The molecule has 2 aromatic rings. The molecule has 3 heteroatoms. The van der Waals surface area contributed by atoms with Crippen molar-refractivity contribution in [3.05, 3.63) is 60.2 Å². The third-order valence-corrected chi connectivity index (χ3v) is 3.35. The molecule has 2 aromatic carbocycles. The Morgan fingerprint density at radius 1 is 1.06 bits per heavy atom. The molecule has 0 aromatic heterocycles. The average Bonchev–Trinajstić information content (AvgIpc) is 2.39. The zero-order chi connectivity index (χ0) is 11.9. The van der Waals surface area contributed by atoms with Crippen LogP contribution in [0.3, 0.4) is 0 Å². The Kier molecular flexibility index (Phi) is 4.06. The molecular formula is C14H12N2S. The number of nitrogens with one attached hydrogen (secondary N) is 1. The van der Waals surface area contributed by atoms with E-state index in [1.54, 1.807) is 11.8 Å². The Labute approximate surface area is 105 Å². The van der Waals surface area contributed by atoms with Gasteiger partial charge in [-0.05, 0) is 23.8 Å². The molecule has 2 nitrogen and oxygen atoms in total. The quantitative estimate of drug-likeness (QED) is 0.500. The van der Waals surface area contributed by atoms with Crippen molar-refractivity contribution in [3.8, 4) is 6.19 Å². The van der Waals surface area contributed by atoms with E-state index in [0.29, 0.717) is 0 Å². The summed E-state index contributed by atoms with van der Waals surface area (Å²) in [5.41, 5.74) is 2.14. The molecule has 17 heavy (non-hydrogen) atoms. The predicted molar refractivity (Wildman–Crippen MR) is 71.7 cm³/mol. The normalized spacial score (nSPS) is 9.59. The van der Waals surface area contributed by atoms with E-state index in [1.807, 2.05) is 42.6 Å². The smallest absolute Gasteiger partial charge is 0.181 e. The Morgan fingerprint density at radius 3 is 2.65 bits per heavy atom. The molecule has 84 valence electrons. The largest absolute Gasteiger partial charge is 0.293 e. The first-order valence-corrected chi connectivity index (χ1v) is 6.29. The third kappa shape index (κ3) is 3.54. The van der Waals surface area contributed by atoms with E-state index in [0.717, 1.165) is 16.3 Å². The molecule has 0 aliphatic heterocycles. The van der Waals surface area contributed by atoms with Crippen LogP contribution in [0.5, 0.6) is 0 Å². The first-order chi connectivity index (χ1) is 8.38. The van der Waals surface area contributed by atoms with Gasteiger partial charge in [-0.15, -0.1) is 11.8 Å². The van der Waals surface area contributed by atoms with Gasteiger partial charge in [-0.2, -0.15) is 5.26 Å². The molecule has 1 N–H and O–H groups in total. The zero-order valence-corrected chi connectivity index (χ0v) is 10.1. The highest BCUT2D eigenvalue weighted by Gasteiger charge is 1.97. The van der Waals surface area contributed by atoms with Crippen LogP contribution in [-0.4, -0.2) is 0 Å². The van der Waals surface area contributed by atoms with Crippen LogP contribution in [0.1, 0.15) is 5.56 Å². The van der Waals surface area contributed by atoms with E-state index < -0.39 is 0 Å². The van der Waals surface area contributed by atoms with Crippen molar-refractivity contribution in [2.24, 2.45) is 0 Å². The second kappa shape index (κ2) is 5.97. The van der Waals surface area contributed by atoms with E-state index in [9.17, 15) is 0 Å². The number of thioether (sulfide) groups is 1. The molecule has 0 radical (unpaired) electrons. The maximum atomic E-state index is 8.55. The minimum Gasteiger partial charge on any atom is -0.293 e. The highest BCUT2D eigenvalue weighted by atomic mass is 32.2.